The average molecular weight is 628 g/mol. The molecule has 3 aliphatic heterocycles. The van der Waals surface area contributed by atoms with Gasteiger partial charge in [-0.2, -0.15) is 5.10 Å². The van der Waals surface area contributed by atoms with Gasteiger partial charge < -0.3 is 24.6 Å². The third-order valence-corrected chi connectivity index (χ3v) is 9.68. The Morgan fingerprint density at radius 1 is 1.21 bits per heavy atom. The largest absolute Gasteiger partial charge is 0.631 e. The number of ether oxygens (including phenoxy) is 2. The first kappa shape index (κ1) is 29.5. The lowest BCUT2D eigenvalue weighted by Gasteiger charge is -2.53. The van der Waals surface area contributed by atoms with E-state index in [2.05, 4.69) is 5.32 Å². The van der Waals surface area contributed by atoms with Crippen molar-refractivity contribution in [1.82, 2.24) is 9.78 Å². The lowest BCUT2D eigenvalue weighted by molar-refractivity contribution is -0.938. The number of quaternary nitrogens is 1. The maximum Gasteiger partial charge on any atom is 0.337 e. The molecule has 0 aliphatic carbocycles. The number of amides is 1. The number of halogens is 3. The molecule has 3 aromatic carbocycles. The second-order valence-corrected chi connectivity index (χ2v) is 11.8. The van der Waals surface area contributed by atoms with Crippen LogP contribution in [0.15, 0.2) is 54.6 Å². The molecular weight excluding hydrogens is 598 g/mol. The summed E-state index contributed by atoms with van der Waals surface area (Å²) in [5, 5.41) is 24.4. The van der Waals surface area contributed by atoms with Crippen molar-refractivity contribution >= 4 is 51.7 Å². The molecule has 0 saturated carbocycles. The van der Waals surface area contributed by atoms with Gasteiger partial charge in [0.25, 0.3) is 5.91 Å². The van der Waals surface area contributed by atoms with Crippen molar-refractivity contribution in [2.45, 2.75) is 37.4 Å². The molecule has 7 rings (SSSR count). The Balaban J connectivity index is 0.00000329. The zero-order chi connectivity index (χ0) is 29.6. The van der Waals surface area contributed by atoms with Gasteiger partial charge in [0, 0.05) is 35.1 Å². The molecule has 0 radical (unpaired) electrons. The van der Waals surface area contributed by atoms with Crippen molar-refractivity contribution in [3.05, 3.63) is 98.1 Å². The molecule has 224 valence electrons. The van der Waals surface area contributed by atoms with E-state index in [-0.39, 0.29) is 37.6 Å². The highest BCUT2D eigenvalue weighted by Gasteiger charge is 2.76. The number of carbonyl (C=O) groups excluding carboxylic acids is 2. The lowest BCUT2D eigenvalue weighted by atomic mass is 9.73. The van der Waals surface area contributed by atoms with Crippen LogP contribution < -0.4 is 5.32 Å². The van der Waals surface area contributed by atoms with Gasteiger partial charge in [-0.1, -0.05) is 48.8 Å². The first-order valence-corrected chi connectivity index (χ1v) is 14.2. The van der Waals surface area contributed by atoms with E-state index in [4.69, 9.17) is 37.8 Å². The highest BCUT2D eigenvalue weighted by atomic mass is 35.5. The van der Waals surface area contributed by atoms with E-state index in [1.54, 1.807) is 53.2 Å². The van der Waals surface area contributed by atoms with Crippen LogP contribution in [-0.4, -0.2) is 59.7 Å². The van der Waals surface area contributed by atoms with Crippen LogP contribution in [-0.2, 0) is 26.2 Å². The van der Waals surface area contributed by atoms with Crippen molar-refractivity contribution in [1.29, 1.82) is 0 Å². The van der Waals surface area contributed by atoms with Crippen LogP contribution >= 0.6 is 23.2 Å². The Bertz CT molecular complexity index is 1810. The minimum Gasteiger partial charge on any atom is -0.631 e. The van der Waals surface area contributed by atoms with Gasteiger partial charge in [0.05, 0.1) is 47.1 Å². The summed E-state index contributed by atoms with van der Waals surface area (Å²) in [4.78, 5) is 26.6. The maximum atomic E-state index is 16.1. The number of aromatic nitrogens is 2. The van der Waals surface area contributed by atoms with E-state index in [1.165, 1.54) is 20.3 Å². The number of esters is 1. The van der Waals surface area contributed by atoms with Crippen LogP contribution in [0.4, 0.5) is 10.1 Å². The Kier molecular flexibility index (Phi) is 7.06. The van der Waals surface area contributed by atoms with Crippen LogP contribution in [0.3, 0.4) is 0 Å². The number of hydroxylamine groups is 3. The number of rotatable bonds is 5. The fourth-order valence-electron chi connectivity index (χ4n) is 7.55. The van der Waals surface area contributed by atoms with Gasteiger partial charge >= 0.3 is 5.97 Å². The predicted molar refractivity (Wildman–Crippen MR) is 161 cm³/mol. The topological polar surface area (TPSA) is 106 Å². The second-order valence-electron chi connectivity index (χ2n) is 10.9. The summed E-state index contributed by atoms with van der Waals surface area (Å²) in [6.45, 7) is 0.00205. The number of anilines is 1. The smallest absolute Gasteiger partial charge is 0.337 e. The van der Waals surface area contributed by atoms with Crippen LogP contribution in [0.5, 0.6) is 0 Å². The number of hydrogen-bond donors (Lipinski definition) is 1. The quantitative estimate of drug-likeness (QED) is 0.166. The molecule has 1 amide bonds. The van der Waals surface area contributed by atoms with Gasteiger partial charge in [0.15, 0.2) is 0 Å². The summed E-state index contributed by atoms with van der Waals surface area (Å²) >= 11 is 12.6. The van der Waals surface area contributed by atoms with Crippen LogP contribution in [0.2, 0.25) is 10.0 Å². The summed E-state index contributed by atoms with van der Waals surface area (Å²) in [5.74, 6) is -2.75. The first-order valence-electron chi connectivity index (χ1n) is 13.4. The van der Waals surface area contributed by atoms with Gasteiger partial charge in [-0.3, -0.25) is 9.48 Å². The molecule has 1 unspecified atom stereocenters. The number of hydrogen-bond acceptors (Lipinski definition) is 6. The third-order valence-electron chi connectivity index (χ3n) is 9.16. The fourth-order valence-corrected chi connectivity index (χ4v) is 7.91. The molecule has 5 atom stereocenters. The number of benzene rings is 3. The number of methoxy groups -OCH3 is 2. The molecule has 4 heterocycles. The minimum atomic E-state index is -1.80. The summed E-state index contributed by atoms with van der Waals surface area (Å²) in [6, 6.07) is 13.1. The molecule has 1 N–H and O–H groups in total. The van der Waals surface area contributed by atoms with E-state index < -0.39 is 45.9 Å². The van der Waals surface area contributed by atoms with Crippen molar-refractivity contribution in [3.8, 4) is 0 Å². The third kappa shape index (κ3) is 3.77. The zero-order valence-corrected chi connectivity index (χ0v) is 24.1. The molecule has 12 heteroatoms. The van der Waals surface area contributed by atoms with E-state index in [0.717, 1.165) is 11.1 Å². The SMILES string of the molecule is C.COCC[N+]1([O-])[C@H]2Cc3c4ccc(C(=O)OC)cc4nn3[C@H]2[C@H](c2cccc(Cl)c2F)[C@]12C(=O)Nc1cc(Cl)ccc12. The molecule has 1 aromatic heterocycles. The second kappa shape index (κ2) is 10.3. The van der Waals surface area contributed by atoms with Gasteiger partial charge in [-0.25, -0.2) is 9.18 Å². The highest BCUT2D eigenvalue weighted by Crippen LogP contribution is 2.67. The molecular formula is C31H29Cl2FN4O5. The highest BCUT2D eigenvalue weighted by molar-refractivity contribution is 6.31. The molecule has 1 saturated heterocycles. The summed E-state index contributed by atoms with van der Waals surface area (Å²) in [7, 11) is 2.80. The molecule has 3 aliphatic rings. The molecule has 1 spiro atoms. The van der Waals surface area contributed by atoms with Crippen LogP contribution in [0.1, 0.15) is 46.6 Å². The molecule has 1 fully saturated rings. The standard InChI is InChI=1S/C30H25Cl2FN4O5.CH4/c1-41-11-10-37(40)24-14-23-17-8-6-15(28(38)42-2)12-21(17)35-36(23)27(24)25(18-4-3-5-20(32)26(18)33)30(37)19-9-7-16(31)13-22(19)34-29(30)39;/h3-9,12-13,24-25,27H,10-11,14H2,1-2H3,(H,34,39);1H4/t24-,25-,27+,30+,37?;/m0./s1. The van der Waals surface area contributed by atoms with E-state index in [1.807, 2.05) is 0 Å². The Hall–Kier alpha value is -3.54. The number of nitrogens with zero attached hydrogens (tertiary/aromatic N) is 3. The molecule has 43 heavy (non-hydrogen) atoms. The summed E-state index contributed by atoms with van der Waals surface area (Å²) in [6.07, 6.45) is 0.266. The van der Waals surface area contributed by atoms with Gasteiger partial charge in [-0.05, 0) is 36.4 Å². The normalized spacial score (nSPS) is 26.7. The van der Waals surface area contributed by atoms with Crippen LogP contribution in [0, 0.1) is 11.0 Å². The predicted octanol–water partition coefficient (Wildman–Crippen LogP) is 5.98. The lowest BCUT2D eigenvalue weighted by Crippen LogP contribution is -2.64. The van der Waals surface area contributed by atoms with Gasteiger partial charge in [0.2, 0.25) is 5.54 Å². The maximum absolute atomic E-state index is 16.1. The Labute approximate surface area is 257 Å². The monoisotopic (exact) mass is 626 g/mol. The number of fused-ring (bicyclic) bond motifs is 7. The fraction of sp³-hybridized carbons (Fsp3) is 0.323. The van der Waals surface area contributed by atoms with Crippen molar-refractivity contribution in [2.24, 2.45) is 0 Å². The van der Waals surface area contributed by atoms with Crippen molar-refractivity contribution < 1.29 is 28.1 Å². The number of likely N-dealkylation sites (tertiary alicyclic amines) is 1. The molecule has 4 aromatic rings. The average Bonchev–Trinajstić information content (AvgIpc) is 3.66. The van der Waals surface area contributed by atoms with E-state index in [9.17, 15) is 9.59 Å². The van der Waals surface area contributed by atoms with Crippen molar-refractivity contribution in [3.63, 3.8) is 0 Å². The van der Waals surface area contributed by atoms with E-state index >= 15 is 9.60 Å². The zero-order valence-electron chi connectivity index (χ0n) is 22.6. The van der Waals surface area contributed by atoms with Crippen LogP contribution in [0.25, 0.3) is 10.9 Å². The molecule has 0 bridgehead atoms. The Morgan fingerprint density at radius 2 is 2.00 bits per heavy atom. The summed E-state index contributed by atoms with van der Waals surface area (Å²) in [5.41, 5.74) is 0.815. The first-order chi connectivity index (χ1) is 20.2. The van der Waals surface area contributed by atoms with Gasteiger partial charge in [0.1, 0.15) is 24.4 Å². The van der Waals surface area contributed by atoms with Crippen molar-refractivity contribution in [2.75, 3.05) is 32.7 Å². The van der Waals surface area contributed by atoms with Gasteiger partial charge in [-0.15, -0.1) is 0 Å². The van der Waals surface area contributed by atoms with E-state index in [0.29, 0.717) is 27.4 Å². The minimum absolute atomic E-state index is 0. The number of nitrogens with one attached hydrogen (secondary N) is 1. The number of carbonyl (C=O) groups is 2. The summed E-state index contributed by atoms with van der Waals surface area (Å²) < 4.78 is 27.1. The Morgan fingerprint density at radius 3 is 2.74 bits per heavy atom. The molecule has 9 nitrogen and oxygen atoms in total.